The van der Waals surface area contributed by atoms with Crippen molar-refractivity contribution >= 4 is 34.6 Å². The molecule has 0 fully saturated rings. The standard InChI is InChI=1S/C30H38N4O2/c1-7-33(8-2)29(35)25-15-11-13-17-27(25)31(5)23-19-21-24(22-20-23)32(6)28-18-14-12-16-26(28)30(36)34(9-3)10-4/h11-22H,7-10H2,1-6H3. The Bertz CT molecular complexity index is 1080. The van der Waals surface area contributed by atoms with Crippen LogP contribution in [0.2, 0.25) is 0 Å². The van der Waals surface area contributed by atoms with Gasteiger partial charge in [0.05, 0.1) is 22.5 Å². The molecule has 0 aliphatic carbocycles. The largest absolute Gasteiger partial charge is 0.344 e. The van der Waals surface area contributed by atoms with Crippen molar-refractivity contribution in [2.24, 2.45) is 0 Å². The van der Waals surface area contributed by atoms with Gasteiger partial charge in [-0.05, 0) is 76.2 Å². The van der Waals surface area contributed by atoms with Gasteiger partial charge < -0.3 is 19.6 Å². The van der Waals surface area contributed by atoms with Crippen LogP contribution in [0.1, 0.15) is 48.4 Å². The molecule has 0 saturated heterocycles. The number of nitrogens with zero attached hydrogens (tertiary/aromatic N) is 4. The molecule has 3 aromatic carbocycles. The van der Waals surface area contributed by atoms with E-state index in [2.05, 4.69) is 0 Å². The Morgan fingerprint density at radius 1 is 0.528 bits per heavy atom. The molecule has 6 nitrogen and oxygen atoms in total. The highest BCUT2D eigenvalue weighted by Gasteiger charge is 2.21. The first-order valence-corrected chi connectivity index (χ1v) is 12.7. The quantitative estimate of drug-likeness (QED) is 0.343. The Kier molecular flexibility index (Phi) is 9.12. The highest BCUT2D eigenvalue weighted by molar-refractivity contribution is 6.01. The summed E-state index contributed by atoms with van der Waals surface area (Å²) in [7, 11) is 3.95. The summed E-state index contributed by atoms with van der Waals surface area (Å²) in [6.45, 7) is 10.7. The molecule has 0 radical (unpaired) electrons. The lowest BCUT2D eigenvalue weighted by Gasteiger charge is -2.27. The Labute approximate surface area is 215 Å². The molecular formula is C30H38N4O2. The summed E-state index contributed by atoms with van der Waals surface area (Å²) in [5.41, 5.74) is 5.05. The number of benzene rings is 3. The van der Waals surface area contributed by atoms with Crippen molar-refractivity contribution in [3.05, 3.63) is 83.9 Å². The maximum atomic E-state index is 13.1. The van der Waals surface area contributed by atoms with Gasteiger partial charge in [0.1, 0.15) is 0 Å². The molecule has 0 heterocycles. The molecule has 3 rings (SSSR count). The summed E-state index contributed by atoms with van der Waals surface area (Å²) >= 11 is 0. The highest BCUT2D eigenvalue weighted by Crippen LogP contribution is 2.32. The fourth-order valence-electron chi connectivity index (χ4n) is 4.43. The molecule has 0 atom stereocenters. The summed E-state index contributed by atoms with van der Waals surface area (Å²) < 4.78 is 0. The molecular weight excluding hydrogens is 448 g/mol. The van der Waals surface area contributed by atoms with E-state index in [0.717, 1.165) is 22.7 Å². The second-order valence-electron chi connectivity index (χ2n) is 8.62. The van der Waals surface area contributed by atoms with Crippen LogP contribution in [0.15, 0.2) is 72.8 Å². The van der Waals surface area contributed by atoms with E-state index in [9.17, 15) is 9.59 Å². The molecule has 0 spiro atoms. The molecule has 2 amide bonds. The molecule has 0 saturated carbocycles. The number of para-hydroxylation sites is 2. The van der Waals surface area contributed by atoms with Crippen molar-refractivity contribution < 1.29 is 9.59 Å². The minimum Gasteiger partial charge on any atom is -0.344 e. The Hall–Kier alpha value is -3.80. The fraction of sp³-hybridized carbons (Fsp3) is 0.333. The van der Waals surface area contributed by atoms with Crippen LogP contribution in [-0.4, -0.2) is 61.9 Å². The molecule has 0 N–H and O–H groups in total. The van der Waals surface area contributed by atoms with Crippen LogP contribution < -0.4 is 9.80 Å². The van der Waals surface area contributed by atoms with E-state index >= 15 is 0 Å². The lowest BCUT2D eigenvalue weighted by Crippen LogP contribution is -2.31. The summed E-state index contributed by atoms with van der Waals surface area (Å²) in [5.74, 6) is 0.0709. The van der Waals surface area contributed by atoms with Gasteiger partial charge in [0.25, 0.3) is 11.8 Å². The van der Waals surface area contributed by atoms with E-state index in [0.29, 0.717) is 37.3 Å². The molecule has 36 heavy (non-hydrogen) atoms. The van der Waals surface area contributed by atoms with Crippen molar-refractivity contribution in [3.63, 3.8) is 0 Å². The maximum absolute atomic E-state index is 13.1. The Morgan fingerprint density at radius 3 is 1.14 bits per heavy atom. The van der Waals surface area contributed by atoms with Crippen molar-refractivity contribution in [3.8, 4) is 0 Å². The van der Waals surface area contributed by atoms with Crippen LogP contribution in [0.25, 0.3) is 0 Å². The third-order valence-electron chi connectivity index (χ3n) is 6.72. The number of carbonyl (C=O) groups excluding carboxylic acids is 2. The lowest BCUT2D eigenvalue weighted by atomic mass is 10.1. The minimum absolute atomic E-state index is 0.0354. The number of hydrogen-bond acceptors (Lipinski definition) is 4. The first-order chi connectivity index (χ1) is 17.4. The van der Waals surface area contributed by atoms with Crippen LogP contribution in [0.4, 0.5) is 22.7 Å². The van der Waals surface area contributed by atoms with Crippen LogP contribution in [0.5, 0.6) is 0 Å². The van der Waals surface area contributed by atoms with E-state index in [1.807, 2.05) is 134 Å². The molecule has 0 unspecified atom stereocenters. The first kappa shape index (κ1) is 26.8. The molecule has 0 aliphatic rings. The monoisotopic (exact) mass is 486 g/mol. The normalized spacial score (nSPS) is 10.6. The molecule has 0 aromatic heterocycles. The van der Waals surface area contributed by atoms with Gasteiger partial charge in [-0.3, -0.25) is 9.59 Å². The average Bonchev–Trinajstić information content (AvgIpc) is 2.93. The van der Waals surface area contributed by atoms with Crippen molar-refractivity contribution in [1.29, 1.82) is 0 Å². The SMILES string of the molecule is CCN(CC)C(=O)c1ccccc1N(C)c1ccc(N(C)c2ccccc2C(=O)N(CC)CC)cc1. The van der Waals surface area contributed by atoms with Crippen molar-refractivity contribution in [2.75, 3.05) is 50.1 Å². The van der Waals surface area contributed by atoms with E-state index < -0.39 is 0 Å². The summed E-state index contributed by atoms with van der Waals surface area (Å²) in [5, 5.41) is 0. The van der Waals surface area contributed by atoms with E-state index in [1.165, 1.54) is 0 Å². The fourth-order valence-corrected chi connectivity index (χ4v) is 4.43. The van der Waals surface area contributed by atoms with Gasteiger partial charge in [-0.2, -0.15) is 0 Å². The topological polar surface area (TPSA) is 47.1 Å². The van der Waals surface area contributed by atoms with E-state index in [4.69, 9.17) is 0 Å². The molecule has 190 valence electrons. The van der Waals surface area contributed by atoms with Crippen LogP contribution in [0.3, 0.4) is 0 Å². The molecule has 0 bridgehead atoms. The zero-order chi connectivity index (χ0) is 26.2. The highest BCUT2D eigenvalue weighted by atomic mass is 16.2. The second-order valence-corrected chi connectivity index (χ2v) is 8.62. The predicted molar refractivity (Wildman–Crippen MR) is 150 cm³/mol. The zero-order valence-electron chi connectivity index (χ0n) is 22.4. The summed E-state index contributed by atoms with van der Waals surface area (Å²) in [6, 6.07) is 23.6. The van der Waals surface area contributed by atoms with Gasteiger partial charge >= 0.3 is 0 Å². The smallest absolute Gasteiger partial charge is 0.255 e. The number of anilines is 4. The van der Waals surface area contributed by atoms with Crippen LogP contribution >= 0.6 is 0 Å². The Morgan fingerprint density at radius 2 is 0.833 bits per heavy atom. The molecule has 6 heteroatoms. The second kappa shape index (κ2) is 12.2. The van der Waals surface area contributed by atoms with Crippen LogP contribution in [0, 0.1) is 0 Å². The number of rotatable bonds is 10. The van der Waals surface area contributed by atoms with E-state index in [-0.39, 0.29) is 11.8 Å². The van der Waals surface area contributed by atoms with Gasteiger partial charge in [0, 0.05) is 51.6 Å². The third kappa shape index (κ3) is 5.54. The van der Waals surface area contributed by atoms with Crippen molar-refractivity contribution in [2.45, 2.75) is 27.7 Å². The van der Waals surface area contributed by atoms with Gasteiger partial charge in [-0.15, -0.1) is 0 Å². The number of hydrogen-bond donors (Lipinski definition) is 0. The van der Waals surface area contributed by atoms with Gasteiger partial charge in [0.15, 0.2) is 0 Å². The first-order valence-electron chi connectivity index (χ1n) is 12.7. The lowest BCUT2D eigenvalue weighted by molar-refractivity contribution is 0.0765. The summed E-state index contributed by atoms with van der Waals surface area (Å²) in [6.07, 6.45) is 0. The van der Waals surface area contributed by atoms with Gasteiger partial charge in [0.2, 0.25) is 0 Å². The molecule has 0 aliphatic heterocycles. The Balaban J connectivity index is 1.89. The number of carbonyl (C=O) groups is 2. The molecule has 3 aromatic rings. The number of amides is 2. The third-order valence-corrected chi connectivity index (χ3v) is 6.72. The predicted octanol–water partition coefficient (Wildman–Crippen LogP) is 6.19. The van der Waals surface area contributed by atoms with Crippen LogP contribution in [-0.2, 0) is 0 Å². The van der Waals surface area contributed by atoms with Crippen molar-refractivity contribution in [1.82, 2.24) is 9.80 Å². The summed E-state index contributed by atoms with van der Waals surface area (Å²) in [4.78, 5) is 34.0. The maximum Gasteiger partial charge on any atom is 0.255 e. The average molecular weight is 487 g/mol. The van der Waals surface area contributed by atoms with E-state index in [1.54, 1.807) is 0 Å². The van der Waals surface area contributed by atoms with Gasteiger partial charge in [-0.1, -0.05) is 24.3 Å². The minimum atomic E-state index is 0.0354. The van der Waals surface area contributed by atoms with Gasteiger partial charge in [-0.25, -0.2) is 0 Å². The zero-order valence-corrected chi connectivity index (χ0v) is 22.4.